The Morgan fingerprint density at radius 1 is 1.12 bits per heavy atom. The lowest BCUT2D eigenvalue weighted by atomic mass is 9.94. The Balaban J connectivity index is 3.04. The molecule has 0 saturated carbocycles. The van der Waals surface area contributed by atoms with Gasteiger partial charge in [0.1, 0.15) is 0 Å². The monoisotopic (exact) mass is 230 g/mol. The smallest absolute Gasteiger partial charge is 0.0702 e. The average molecular weight is 230 g/mol. The molecule has 0 atom stereocenters. The standard InChI is InChI=1S/C15H22N2/c1-10-7-11(2)13(4)14(12(10)3)17-9-15(5,6)8-16/h7,17H,9H2,1-6H3. The molecule has 0 unspecified atom stereocenters. The molecule has 0 aliphatic heterocycles. The fraction of sp³-hybridized carbons (Fsp3) is 0.533. The molecule has 0 amide bonds. The number of nitriles is 1. The number of benzene rings is 1. The van der Waals surface area contributed by atoms with Gasteiger partial charge >= 0.3 is 0 Å². The molecule has 2 heteroatoms. The molecular formula is C15H22N2. The second-order valence-electron chi connectivity index (χ2n) is 5.48. The van der Waals surface area contributed by atoms with Crippen molar-refractivity contribution in [3.8, 4) is 6.07 Å². The molecule has 0 aromatic heterocycles. The summed E-state index contributed by atoms with van der Waals surface area (Å²) in [7, 11) is 0. The van der Waals surface area contributed by atoms with Crippen molar-refractivity contribution in [2.45, 2.75) is 41.5 Å². The van der Waals surface area contributed by atoms with Crippen LogP contribution in [0.4, 0.5) is 5.69 Å². The molecule has 2 nitrogen and oxygen atoms in total. The number of nitrogens with zero attached hydrogens (tertiary/aromatic N) is 1. The first-order chi connectivity index (χ1) is 7.78. The van der Waals surface area contributed by atoms with E-state index in [1.807, 2.05) is 13.8 Å². The molecule has 0 spiro atoms. The van der Waals surface area contributed by atoms with Crippen molar-refractivity contribution in [3.63, 3.8) is 0 Å². The van der Waals surface area contributed by atoms with Crippen LogP contribution in [0, 0.1) is 44.4 Å². The van der Waals surface area contributed by atoms with E-state index < -0.39 is 0 Å². The van der Waals surface area contributed by atoms with Gasteiger partial charge in [-0.3, -0.25) is 0 Å². The van der Waals surface area contributed by atoms with Gasteiger partial charge in [-0.1, -0.05) is 6.07 Å². The van der Waals surface area contributed by atoms with Crippen molar-refractivity contribution in [2.24, 2.45) is 5.41 Å². The molecule has 0 bridgehead atoms. The van der Waals surface area contributed by atoms with Crippen LogP contribution in [-0.2, 0) is 0 Å². The van der Waals surface area contributed by atoms with Crippen molar-refractivity contribution >= 4 is 5.69 Å². The maximum Gasteiger partial charge on any atom is 0.0702 e. The molecule has 17 heavy (non-hydrogen) atoms. The number of hydrogen-bond donors (Lipinski definition) is 1. The van der Waals surface area contributed by atoms with Gasteiger partial charge < -0.3 is 5.32 Å². The highest BCUT2D eigenvalue weighted by Crippen LogP contribution is 2.27. The minimum atomic E-state index is -0.337. The highest BCUT2D eigenvalue weighted by Gasteiger charge is 2.17. The summed E-state index contributed by atoms with van der Waals surface area (Å²) in [5.41, 5.74) is 6.00. The van der Waals surface area contributed by atoms with Crippen molar-refractivity contribution in [3.05, 3.63) is 28.3 Å². The van der Waals surface area contributed by atoms with Gasteiger partial charge in [0.15, 0.2) is 0 Å². The fourth-order valence-electron chi connectivity index (χ4n) is 1.83. The number of anilines is 1. The summed E-state index contributed by atoms with van der Waals surface area (Å²) < 4.78 is 0. The second kappa shape index (κ2) is 4.79. The molecule has 1 aromatic carbocycles. The SMILES string of the molecule is Cc1cc(C)c(C)c(NCC(C)(C)C#N)c1C. The minimum absolute atomic E-state index is 0.337. The molecule has 92 valence electrons. The largest absolute Gasteiger partial charge is 0.383 e. The van der Waals surface area contributed by atoms with E-state index in [9.17, 15) is 0 Å². The normalized spacial score (nSPS) is 11.1. The van der Waals surface area contributed by atoms with Gasteiger partial charge in [0.05, 0.1) is 11.5 Å². The van der Waals surface area contributed by atoms with Gasteiger partial charge in [0.25, 0.3) is 0 Å². The molecule has 0 fully saturated rings. The highest BCUT2D eigenvalue weighted by molar-refractivity contribution is 5.62. The third-order valence-corrected chi connectivity index (χ3v) is 3.38. The minimum Gasteiger partial charge on any atom is -0.383 e. The number of hydrogen-bond acceptors (Lipinski definition) is 2. The van der Waals surface area contributed by atoms with Crippen molar-refractivity contribution in [2.75, 3.05) is 11.9 Å². The van der Waals surface area contributed by atoms with E-state index in [-0.39, 0.29) is 5.41 Å². The topological polar surface area (TPSA) is 35.8 Å². The molecule has 0 saturated heterocycles. The zero-order valence-electron chi connectivity index (χ0n) is 11.7. The Hall–Kier alpha value is -1.49. The summed E-state index contributed by atoms with van der Waals surface area (Å²) in [6.45, 7) is 13.1. The van der Waals surface area contributed by atoms with Gasteiger partial charge in [-0.2, -0.15) is 5.26 Å². The molecule has 1 N–H and O–H groups in total. The summed E-state index contributed by atoms with van der Waals surface area (Å²) in [6, 6.07) is 4.53. The molecular weight excluding hydrogens is 208 g/mol. The second-order valence-corrected chi connectivity index (χ2v) is 5.48. The van der Waals surface area contributed by atoms with Crippen LogP contribution in [0.3, 0.4) is 0 Å². The summed E-state index contributed by atoms with van der Waals surface area (Å²) in [5, 5.41) is 12.5. The number of rotatable bonds is 3. The van der Waals surface area contributed by atoms with Gasteiger partial charge in [-0.15, -0.1) is 0 Å². The molecule has 0 aliphatic rings. The van der Waals surface area contributed by atoms with Crippen LogP contribution >= 0.6 is 0 Å². The summed E-state index contributed by atoms with van der Waals surface area (Å²) >= 11 is 0. The summed E-state index contributed by atoms with van der Waals surface area (Å²) in [6.07, 6.45) is 0. The third kappa shape index (κ3) is 3.00. The van der Waals surface area contributed by atoms with E-state index in [1.165, 1.54) is 27.9 Å². The zero-order valence-corrected chi connectivity index (χ0v) is 11.7. The Morgan fingerprint density at radius 2 is 1.59 bits per heavy atom. The van der Waals surface area contributed by atoms with Crippen molar-refractivity contribution < 1.29 is 0 Å². The van der Waals surface area contributed by atoms with Gasteiger partial charge in [0.2, 0.25) is 0 Å². The Bertz CT molecular complexity index is 439. The van der Waals surface area contributed by atoms with E-state index in [4.69, 9.17) is 5.26 Å². The first-order valence-electron chi connectivity index (χ1n) is 6.01. The quantitative estimate of drug-likeness (QED) is 0.855. The van der Waals surface area contributed by atoms with E-state index in [1.54, 1.807) is 0 Å². The first-order valence-corrected chi connectivity index (χ1v) is 6.01. The highest BCUT2D eigenvalue weighted by atomic mass is 14.9. The Labute approximate surface area is 105 Å². The summed E-state index contributed by atoms with van der Waals surface area (Å²) in [5.74, 6) is 0. The van der Waals surface area contributed by atoms with Crippen molar-refractivity contribution in [1.82, 2.24) is 0 Å². The van der Waals surface area contributed by atoms with Crippen LogP contribution < -0.4 is 5.32 Å². The van der Waals surface area contributed by atoms with Crippen LogP contribution in [-0.4, -0.2) is 6.54 Å². The number of nitrogens with one attached hydrogen (secondary N) is 1. The zero-order chi connectivity index (χ0) is 13.2. The third-order valence-electron chi connectivity index (χ3n) is 3.38. The van der Waals surface area contributed by atoms with E-state index in [0.29, 0.717) is 6.54 Å². The molecule has 1 rings (SSSR count). The van der Waals surface area contributed by atoms with Crippen LogP contribution in [0.25, 0.3) is 0 Å². The van der Waals surface area contributed by atoms with Crippen LogP contribution in [0.1, 0.15) is 36.1 Å². The van der Waals surface area contributed by atoms with Crippen LogP contribution in [0.2, 0.25) is 0 Å². The summed E-state index contributed by atoms with van der Waals surface area (Å²) in [4.78, 5) is 0. The van der Waals surface area contributed by atoms with E-state index in [0.717, 1.165) is 0 Å². The predicted molar refractivity (Wildman–Crippen MR) is 73.3 cm³/mol. The lowest BCUT2D eigenvalue weighted by molar-refractivity contribution is 0.528. The number of aryl methyl sites for hydroxylation is 2. The van der Waals surface area contributed by atoms with E-state index >= 15 is 0 Å². The molecule has 0 radical (unpaired) electrons. The van der Waals surface area contributed by atoms with Crippen LogP contribution in [0.15, 0.2) is 6.07 Å². The van der Waals surface area contributed by atoms with Crippen molar-refractivity contribution in [1.29, 1.82) is 5.26 Å². The molecule has 1 aromatic rings. The van der Waals surface area contributed by atoms with Gasteiger partial charge in [-0.05, 0) is 63.8 Å². The van der Waals surface area contributed by atoms with Crippen LogP contribution in [0.5, 0.6) is 0 Å². The Morgan fingerprint density at radius 3 is 2.00 bits per heavy atom. The average Bonchev–Trinajstić information content (AvgIpc) is 2.26. The van der Waals surface area contributed by atoms with Gasteiger partial charge in [-0.25, -0.2) is 0 Å². The lowest BCUT2D eigenvalue weighted by Gasteiger charge is -2.21. The lowest BCUT2D eigenvalue weighted by Crippen LogP contribution is -2.22. The fourth-order valence-corrected chi connectivity index (χ4v) is 1.83. The van der Waals surface area contributed by atoms with E-state index in [2.05, 4.69) is 45.1 Å². The first kappa shape index (κ1) is 13.6. The van der Waals surface area contributed by atoms with Gasteiger partial charge in [0, 0.05) is 12.2 Å². The predicted octanol–water partition coefficient (Wildman–Crippen LogP) is 3.88. The maximum absolute atomic E-state index is 9.03. The molecule has 0 heterocycles. The maximum atomic E-state index is 9.03. The molecule has 0 aliphatic carbocycles. The Kier molecular flexibility index (Phi) is 3.83.